The van der Waals surface area contributed by atoms with Crippen LogP contribution in [-0.2, 0) is 9.53 Å². The molecule has 1 N–H and O–H groups in total. The zero-order valence-corrected chi connectivity index (χ0v) is 16.3. The van der Waals surface area contributed by atoms with Crippen molar-refractivity contribution in [1.82, 2.24) is 14.8 Å². The highest BCUT2D eigenvalue weighted by atomic mass is 16.5. The number of piperidine rings is 1. The predicted molar refractivity (Wildman–Crippen MR) is 106 cm³/mol. The van der Waals surface area contributed by atoms with E-state index in [0.29, 0.717) is 30.4 Å². The molecule has 2 saturated heterocycles. The lowest BCUT2D eigenvalue weighted by atomic mass is 9.95. The summed E-state index contributed by atoms with van der Waals surface area (Å²) in [7, 11) is 0. The van der Waals surface area contributed by atoms with Crippen LogP contribution >= 0.6 is 0 Å². The number of amides is 1. The lowest BCUT2D eigenvalue weighted by molar-refractivity contribution is -0.149. The van der Waals surface area contributed by atoms with Crippen LogP contribution in [-0.4, -0.2) is 72.7 Å². The SMILES string of the molecule is N#Cc1cccnc1NC[C@@H]1CN(CC2CCN(CC3CC3)CC2)C(=O)CO1. The first-order valence-electron chi connectivity index (χ1n) is 10.4. The Balaban J connectivity index is 1.24. The minimum absolute atomic E-state index is 0.0822. The molecule has 1 amide bonds. The molecule has 28 heavy (non-hydrogen) atoms. The van der Waals surface area contributed by atoms with E-state index in [1.807, 2.05) is 4.90 Å². The van der Waals surface area contributed by atoms with Gasteiger partial charge in [-0.25, -0.2) is 4.98 Å². The van der Waals surface area contributed by atoms with Crippen LogP contribution in [0.4, 0.5) is 5.82 Å². The van der Waals surface area contributed by atoms with E-state index in [0.717, 1.165) is 12.5 Å². The zero-order chi connectivity index (χ0) is 19.3. The van der Waals surface area contributed by atoms with E-state index in [9.17, 15) is 4.79 Å². The molecule has 1 aromatic rings. The summed E-state index contributed by atoms with van der Waals surface area (Å²) in [5.41, 5.74) is 0.518. The Kier molecular flexibility index (Phi) is 6.08. The number of carbonyl (C=O) groups excluding carboxylic acids is 1. The first-order chi connectivity index (χ1) is 13.7. The number of pyridine rings is 1. The molecule has 1 saturated carbocycles. The molecule has 0 unspecified atom stereocenters. The quantitative estimate of drug-likeness (QED) is 0.772. The van der Waals surface area contributed by atoms with E-state index in [1.165, 1.54) is 45.3 Å². The van der Waals surface area contributed by atoms with E-state index in [-0.39, 0.29) is 18.6 Å². The molecule has 7 heteroatoms. The molecule has 0 radical (unpaired) electrons. The van der Waals surface area contributed by atoms with Crippen LogP contribution in [0.25, 0.3) is 0 Å². The standard InChI is InChI=1S/C21H29N5O2/c22-10-18-2-1-7-23-21(18)24-11-19-14-26(20(27)15-28-19)13-17-5-8-25(9-6-17)12-16-3-4-16/h1-2,7,16-17,19H,3-6,8-9,11-15H2,(H,23,24)/t19-/m1/s1. The van der Waals surface area contributed by atoms with Gasteiger partial charge in [-0.05, 0) is 62.7 Å². The smallest absolute Gasteiger partial charge is 0.248 e. The van der Waals surface area contributed by atoms with Crippen molar-refractivity contribution in [2.24, 2.45) is 11.8 Å². The Morgan fingerprint density at radius 3 is 2.75 bits per heavy atom. The van der Waals surface area contributed by atoms with Crippen molar-refractivity contribution < 1.29 is 9.53 Å². The first-order valence-corrected chi connectivity index (χ1v) is 10.4. The number of morpholine rings is 1. The summed E-state index contributed by atoms with van der Waals surface area (Å²) in [6, 6.07) is 5.62. The van der Waals surface area contributed by atoms with Gasteiger partial charge < -0.3 is 19.9 Å². The molecule has 7 nitrogen and oxygen atoms in total. The number of nitrogens with one attached hydrogen (secondary N) is 1. The van der Waals surface area contributed by atoms with E-state index in [4.69, 9.17) is 10.00 Å². The molecule has 4 rings (SSSR count). The third kappa shape index (κ3) is 5.00. The largest absolute Gasteiger partial charge is 0.366 e. The van der Waals surface area contributed by atoms with Crippen molar-refractivity contribution in [3.05, 3.63) is 23.9 Å². The lowest BCUT2D eigenvalue weighted by Crippen LogP contribution is -2.51. The summed E-state index contributed by atoms with van der Waals surface area (Å²) in [5, 5.41) is 12.4. The topological polar surface area (TPSA) is 81.5 Å². The van der Waals surface area contributed by atoms with Crippen LogP contribution in [0.3, 0.4) is 0 Å². The van der Waals surface area contributed by atoms with Crippen LogP contribution in [0.1, 0.15) is 31.2 Å². The number of carbonyl (C=O) groups is 1. The Morgan fingerprint density at radius 1 is 1.21 bits per heavy atom. The summed E-state index contributed by atoms with van der Waals surface area (Å²) in [5.74, 6) is 2.20. The first kappa shape index (κ1) is 19.2. The summed E-state index contributed by atoms with van der Waals surface area (Å²) in [4.78, 5) is 21.1. The van der Waals surface area contributed by atoms with E-state index in [2.05, 4.69) is 21.3 Å². The second-order valence-electron chi connectivity index (χ2n) is 8.31. The number of anilines is 1. The second kappa shape index (κ2) is 8.89. The molecule has 1 aliphatic carbocycles. The van der Waals surface area contributed by atoms with Crippen LogP contribution in [0.2, 0.25) is 0 Å². The average Bonchev–Trinajstić information content (AvgIpc) is 3.54. The molecule has 3 fully saturated rings. The molecular weight excluding hydrogens is 354 g/mol. The third-order valence-electron chi connectivity index (χ3n) is 6.04. The number of likely N-dealkylation sites (tertiary alicyclic amines) is 1. The van der Waals surface area contributed by atoms with Crippen LogP contribution in [0.5, 0.6) is 0 Å². The fourth-order valence-corrected chi connectivity index (χ4v) is 4.16. The van der Waals surface area contributed by atoms with Crippen LogP contribution in [0.15, 0.2) is 18.3 Å². The van der Waals surface area contributed by atoms with Gasteiger partial charge in [0, 0.05) is 32.4 Å². The molecule has 0 aromatic carbocycles. The molecule has 3 heterocycles. The van der Waals surface area contributed by atoms with Gasteiger partial charge in [0.25, 0.3) is 0 Å². The number of hydrogen-bond donors (Lipinski definition) is 1. The minimum atomic E-state index is -0.0822. The Morgan fingerprint density at radius 2 is 2.00 bits per heavy atom. The maximum atomic E-state index is 12.3. The third-order valence-corrected chi connectivity index (χ3v) is 6.04. The van der Waals surface area contributed by atoms with Crippen molar-refractivity contribution in [3.63, 3.8) is 0 Å². The van der Waals surface area contributed by atoms with Gasteiger partial charge in [0.2, 0.25) is 5.91 Å². The van der Waals surface area contributed by atoms with Crippen molar-refractivity contribution in [1.29, 1.82) is 5.26 Å². The summed E-state index contributed by atoms with van der Waals surface area (Å²) in [6.45, 7) is 5.72. The van der Waals surface area contributed by atoms with Gasteiger partial charge in [0.1, 0.15) is 18.5 Å². The fraction of sp³-hybridized carbons (Fsp3) is 0.667. The Labute approximate surface area is 166 Å². The minimum Gasteiger partial charge on any atom is -0.366 e. The van der Waals surface area contributed by atoms with Gasteiger partial charge in [-0.3, -0.25) is 4.79 Å². The van der Waals surface area contributed by atoms with Gasteiger partial charge in [-0.15, -0.1) is 0 Å². The maximum absolute atomic E-state index is 12.3. The molecule has 0 spiro atoms. The van der Waals surface area contributed by atoms with Crippen molar-refractivity contribution in [2.45, 2.75) is 31.8 Å². The average molecular weight is 383 g/mol. The Bertz CT molecular complexity index is 722. The number of nitrogens with zero attached hydrogens (tertiary/aromatic N) is 4. The van der Waals surface area contributed by atoms with E-state index >= 15 is 0 Å². The molecule has 150 valence electrons. The normalized spacial score (nSPS) is 24.2. The number of ether oxygens (including phenoxy) is 1. The van der Waals surface area contributed by atoms with Gasteiger partial charge in [-0.2, -0.15) is 5.26 Å². The summed E-state index contributed by atoms with van der Waals surface area (Å²) in [6.07, 6.45) is 6.76. The monoisotopic (exact) mass is 383 g/mol. The molecule has 3 aliphatic rings. The summed E-state index contributed by atoms with van der Waals surface area (Å²) >= 11 is 0. The number of aromatic nitrogens is 1. The number of rotatable bonds is 7. The molecule has 0 bridgehead atoms. The van der Waals surface area contributed by atoms with E-state index in [1.54, 1.807) is 18.3 Å². The molecular formula is C21H29N5O2. The van der Waals surface area contributed by atoms with Gasteiger partial charge >= 0.3 is 0 Å². The molecule has 2 aliphatic heterocycles. The van der Waals surface area contributed by atoms with Crippen molar-refractivity contribution in [2.75, 3.05) is 51.2 Å². The maximum Gasteiger partial charge on any atom is 0.248 e. The Hall–Kier alpha value is -2.17. The lowest BCUT2D eigenvalue weighted by Gasteiger charge is -2.38. The zero-order valence-electron chi connectivity index (χ0n) is 16.3. The van der Waals surface area contributed by atoms with Crippen molar-refractivity contribution >= 4 is 11.7 Å². The van der Waals surface area contributed by atoms with Gasteiger partial charge in [-0.1, -0.05) is 0 Å². The van der Waals surface area contributed by atoms with E-state index < -0.39 is 0 Å². The predicted octanol–water partition coefficient (Wildman–Crippen LogP) is 1.71. The number of hydrogen-bond acceptors (Lipinski definition) is 6. The molecule has 1 atom stereocenters. The van der Waals surface area contributed by atoms with Crippen LogP contribution < -0.4 is 5.32 Å². The van der Waals surface area contributed by atoms with Gasteiger partial charge in [0.15, 0.2) is 0 Å². The highest BCUT2D eigenvalue weighted by Crippen LogP contribution is 2.31. The van der Waals surface area contributed by atoms with Crippen LogP contribution in [0, 0.1) is 23.2 Å². The summed E-state index contributed by atoms with van der Waals surface area (Å²) < 4.78 is 5.70. The molecule has 1 aromatic heterocycles. The number of nitriles is 1. The van der Waals surface area contributed by atoms with Gasteiger partial charge in [0.05, 0.1) is 11.7 Å². The van der Waals surface area contributed by atoms with Crippen molar-refractivity contribution in [3.8, 4) is 6.07 Å². The second-order valence-corrected chi connectivity index (χ2v) is 8.31. The highest BCUT2D eigenvalue weighted by Gasteiger charge is 2.31. The highest BCUT2D eigenvalue weighted by molar-refractivity contribution is 5.78. The fourth-order valence-electron chi connectivity index (χ4n) is 4.16.